The number of ether oxygens (including phenoxy) is 1. The fourth-order valence-electron chi connectivity index (χ4n) is 4.28. The standard InChI is InChI=1S/C26H30F3N5O2/c1-15(17-6-5-7-18(23(17)27)24(28)29)32-20-8-10-30-21-13-31-22(12-19(20)21)34-11-9-16(14-34)33-25(35)36-26(2,3)4/h5-8,10,12-13,15-16,24H,9,11,14H2,1-4H3,(H,30,32)(H,33,35)/t15-,16-/m1/s1. The molecule has 0 radical (unpaired) electrons. The highest BCUT2D eigenvalue weighted by Crippen LogP contribution is 2.32. The number of nitrogens with zero attached hydrogens (tertiary/aromatic N) is 3. The van der Waals surface area contributed by atoms with Crippen LogP contribution in [-0.2, 0) is 4.74 Å². The number of carbonyl (C=O) groups excluding carboxylic acids is 1. The second-order valence-corrected chi connectivity index (χ2v) is 9.91. The number of rotatable bonds is 6. The molecule has 10 heteroatoms. The minimum Gasteiger partial charge on any atom is -0.444 e. The molecule has 192 valence electrons. The number of halogens is 3. The quantitative estimate of drug-likeness (QED) is 0.432. The molecule has 7 nitrogen and oxygen atoms in total. The van der Waals surface area contributed by atoms with Gasteiger partial charge in [-0.15, -0.1) is 0 Å². The van der Waals surface area contributed by atoms with Gasteiger partial charge in [-0.2, -0.15) is 0 Å². The first-order valence-corrected chi connectivity index (χ1v) is 11.8. The van der Waals surface area contributed by atoms with Gasteiger partial charge in [0.1, 0.15) is 17.2 Å². The van der Waals surface area contributed by atoms with E-state index in [1.807, 2.05) is 26.8 Å². The monoisotopic (exact) mass is 501 g/mol. The number of alkyl halides is 2. The van der Waals surface area contributed by atoms with Crippen molar-refractivity contribution in [2.24, 2.45) is 0 Å². The zero-order chi connectivity index (χ0) is 26.0. The number of benzene rings is 1. The number of amides is 1. The van der Waals surface area contributed by atoms with Crippen LogP contribution in [0.1, 0.15) is 57.7 Å². The molecular weight excluding hydrogens is 471 g/mol. The summed E-state index contributed by atoms with van der Waals surface area (Å²) in [4.78, 5) is 23.1. The second-order valence-electron chi connectivity index (χ2n) is 9.91. The van der Waals surface area contributed by atoms with Crippen molar-refractivity contribution in [1.82, 2.24) is 15.3 Å². The van der Waals surface area contributed by atoms with Crippen molar-refractivity contribution in [2.45, 2.75) is 58.2 Å². The molecule has 36 heavy (non-hydrogen) atoms. The number of alkyl carbamates (subject to hydrolysis) is 1. The van der Waals surface area contributed by atoms with E-state index in [2.05, 4.69) is 25.5 Å². The molecule has 3 heterocycles. The fourth-order valence-corrected chi connectivity index (χ4v) is 4.28. The van der Waals surface area contributed by atoms with Gasteiger partial charge < -0.3 is 20.3 Å². The van der Waals surface area contributed by atoms with Crippen LogP contribution in [0.2, 0.25) is 0 Å². The Morgan fingerprint density at radius 2 is 1.94 bits per heavy atom. The average Bonchev–Trinajstić information content (AvgIpc) is 3.26. The van der Waals surface area contributed by atoms with Crippen molar-refractivity contribution < 1.29 is 22.7 Å². The lowest BCUT2D eigenvalue weighted by Crippen LogP contribution is -2.40. The Balaban J connectivity index is 1.52. The highest BCUT2D eigenvalue weighted by molar-refractivity contribution is 5.92. The van der Waals surface area contributed by atoms with Gasteiger partial charge in [-0.3, -0.25) is 4.98 Å². The lowest BCUT2D eigenvalue weighted by atomic mass is 10.0. The van der Waals surface area contributed by atoms with Gasteiger partial charge in [-0.1, -0.05) is 18.2 Å². The third-order valence-electron chi connectivity index (χ3n) is 5.98. The maximum Gasteiger partial charge on any atom is 0.407 e. The van der Waals surface area contributed by atoms with E-state index >= 15 is 0 Å². The van der Waals surface area contributed by atoms with Crippen LogP contribution in [0.4, 0.5) is 29.5 Å². The van der Waals surface area contributed by atoms with Gasteiger partial charge in [0.15, 0.2) is 0 Å². The van der Waals surface area contributed by atoms with E-state index in [0.717, 1.165) is 17.9 Å². The zero-order valence-corrected chi connectivity index (χ0v) is 20.7. The topological polar surface area (TPSA) is 79.4 Å². The molecule has 1 aliphatic heterocycles. The van der Waals surface area contributed by atoms with Gasteiger partial charge in [0.05, 0.1) is 29.4 Å². The van der Waals surface area contributed by atoms with Crippen LogP contribution < -0.4 is 15.5 Å². The lowest BCUT2D eigenvalue weighted by molar-refractivity contribution is 0.0509. The SMILES string of the molecule is C[C@@H](Nc1ccnc2cnc(N3CC[C@@H](NC(=O)OC(C)(C)C)C3)cc12)c1cccc(C(F)F)c1F. The van der Waals surface area contributed by atoms with E-state index in [9.17, 15) is 18.0 Å². The van der Waals surface area contributed by atoms with E-state index in [1.54, 1.807) is 25.4 Å². The molecule has 0 saturated carbocycles. The maximum atomic E-state index is 14.7. The number of aromatic nitrogens is 2. The Hall–Kier alpha value is -3.56. The molecule has 2 atom stereocenters. The van der Waals surface area contributed by atoms with Crippen molar-refractivity contribution in [3.63, 3.8) is 0 Å². The first-order valence-electron chi connectivity index (χ1n) is 11.8. The molecule has 0 spiro atoms. The van der Waals surface area contributed by atoms with Crippen molar-refractivity contribution >= 4 is 28.5 Å². The van der Waals surface area contributed by atoms with Gasteiger partial charge in [-0.05, 0) is 46.2 Å². The van der Waals surface area contributed by atoms with Gasteiger partial charge in [0.2, 0.25) is 0 Å². The van der Waals surface area contributed by atoms with E-state index in [4.69, 9.17) is 4.74 Å². The first kappa shape index (κ1) is 25.5. The van der Waals surface area contributed by atoms with E-state index in [-0.39, 0.29) is 11.6 Å². The second kappa shape index (κ2) is 10.2. The summed E-state index contributed by atoms with van der Waals surface area (Å²) in [6, 6.07) is 7.02. The largest absolute Gasteiger partial charge is 0.444 e. The average molecular weight is 502 g/mol. The van der Waals surface area contributed by atoms with Crippen LogP contribution in [0, 0.1) is 5.82 Å². The number of carbonyl (C=O) groups is 1. The Kier molecular flexibility index (Phi) is 7.23. The van der Waals surface area contributed by atoms with Crippen LogP contribution in [0.25, 0.3) is 10.9 Å². The summed E-state index contributed by atoms with van der Waals surface area (Å²) in [7, 11) is 0. The summed E-state index contributed by atoms with van der Waals surface area (Å²) in [6.45, 7) is 8.44. The molecule has 2 aromatic heterocycles. The summed E-state index contributed by atoms with van der Waals surface area (Å²) in [5.74, 6) is -0.195. The number of fused-ring (bicyclic) bond motifs is 1. The molecule has 4 rings (SSSR count). The molecule has 1 saturated heterocycles. The van der Waals surface area contributed by atoms with E-state index in [1.165, 1.54) is 12.1 Å². The van der Waals surface area contributed by atoms with Crippen molar-refractivity contribution in [3.8, 4) is 0 Å². The fraction of sp³-hybridized carbons (Fsp3) is 0.423. The zero-order valence-electron chi connectivity index (χ0n) is 20.7. The van der Waals surface area contributed by atoms with Crippen molar-refractivity contribution in [1.29, 1.82) is 0 Å². The maximum absolute atomic E-state index is 14.7. The summed E-state index contributed by atoms with van der Waals surface area (Å²) in [5.41, 5.74) is 0.291. The van der Waals surface area contributed by atoms with Crippen LogP contribution >= 0.6 is 0 Å². The number of anilines is 2. The van der Waals surface area contributed by atoms with Crippen LogP contribution in [0.5, 0.6) is 0 Å². The van der Waals surface area contributed by atoms with E-state index in [0.29, 0.717) is 30.1 Å². The molecule has 3 aromatic rings. The molecule has 1 amide bonds. The smallest absolute Gasteiger partial charge is 0.407 e. The Labute approximate surface area is 208 Å². The van der Waals surface area contributed by atoms with Crippen LogP contribution in [0.15, 0.2) is 42.7 Å². The van der Waals surface area contributed by atoms with Gasteiger partial charge >= 0.3 is 6.09 Å². The number of nitrogens with one attached hydrogen (secondary N) is 2. The molecule has 1 aliphatic rings. The van der Waals surface area contributed by atoms with Crippen LogP contribution in [0.3, 0.4) is 0 Å². The van der Waals surface area contributed by atoms with Gasteiger partial charge in [-0.25, -0.2) is 22.9 Å². The Morgan fingerprint density at radius 1 is 1.19 bits per heavy atom. The molecule has 2 N–H and O–H groups in total. The van der Waals surface area contributed by atoms with Gasteiger partial charge in [0, 0.05) is 35.9 Å². The number of pyridine rings is 2. The Morgan fingerprint density at radius 3 is 2.67 bits per heavy atom. The molecule has 0 bridgehead atoms. The van der Waals surface area contributed by atoms with E-state index < -0.39 is 35.5 Å². The predicted molar refractivity (Wildman–Crippen MR) is 133 cm³/mol. The predicted octanol–water partition coefficient (Wildman–Crippen LogP) is 5.98. The summed E-state index contributed by atoms with van der Waals surface area (Å²) < 4.78 is 46.4. The van der Waals surface area contributed by atoms with Crippen LogP contribution in [-0.4, -0.2) is 40.8 Å². The Bertz CT molecular complexity index is 1250. The minimum atomic E-state index is -2.89. The summed E-state index contributed by atoms with van der Waals surface area (Å²) in [6.07, 6.45) is 0.679. The lowest BCUT2D eigenvalue weighted by Gasteiger charge is -2.22. The summed E-state index contributed by atoms with van der Waals surface area (Å²) in [5, 5.41) is 6.91. The van der Waals surface area contributed by atoms with Crippen molar-refractivity contribution in [2.75, 3.05) is 23.3 Å². The molecule has 1 fully saturated rings. The third kappa shape index (κ3) is 5.80. The van der Waals surface area contributed by atoms with Crippen molar-refractivity contribution in [3.05, 3.63) is 59.7 Å². The molecular formula is C26H30F3N5O2. The minimum absolute atomic E-state index is 0.0750. The first-order chi connectivity index (χ1) is 17.0. The highest BCUT2D eigenvalue weighted by Gasteiger charge is 2.27. The molecule has 0 unspecified atom stereocenters. The number of hydrogen-bond acceptors (Lipinski definition) is 6. The normalized spacial score (nSPS) is 16.9. The number of hydrogen-bond donors (Lipinski definition) is 2. The summed E-state index contributed by atoms with van der Waals surface area (Å²) >= 11 is 0. The molecule has 0 aliphatic carbocycles. The van der Waals surface area contributed by atoms with Gasteiger partial charge in [0.25, 0.3) is 6.43 Å². The highest BCUT2D eigenvalue weighted by atomic mass is 19.3. The molecule has 1 aromatic carbocycles. The third-order valence-corrected chi connectivity index (χ3v) is 5.98.